The Morgan fingerprint density at radius 2 is 1.83 bits per heavy atom. The van der Waals surface area contributed by atoms with Crippen LogP contribution in [0.15, 0.2) is 60.7 Å². The predicted molar refractivity (Wildman–Crippen MR) is 95.7 cm³/mol. The molecule has 0 aliphatic heterocycles. The standard InChI is InChI=1S/C21H20O3/c1-3-14(2)16-11-12-20(19(22)13-16)24-21(23)18-10-6-8-15-7-4-5-9-17(15)18/h4-14,22H,3H2,1-2H3. The molecule has 3 rings (SSSR count). The molecule has 3 nitrogen and oxygen atoms in total. The molecule has 3 aromatic rings. The van der Waals surface area contributed by atoms with E-state index in [1.165, 1.54) is 0 Å². The summed E-state index contributed by atoms with van der Waals surface area (Å²) in [4.78, 5) is 12.5. The Balaban J connectivity index is 1.89. The van der Waals surface area contributed by atoms with Gasteiger partial charge in [0.05, 0.1) is 5.56 Å². The molecule has 0 radical (unpaired) electrons. The lowest BCUT2D eigenvalue weighted by Crippen LogP contribution is -2.09. The topological polar surface area (TPSA) is 46.5 Å². The van der Waals surface area contributed by atoms with Crippen LogP contribution in [0.4, 0.5) is 0 Å². The van der Waals surface area contributed by atoms with Crippen LogP contribution >= 0.6 is 0 Å². The molecular weight excluding hydrogens is 300 g/mol. The van der Waals surface area contributed by atoms with Crippen LogP contribution in [0, 0.1) is 0 Å². The molecule has 24 heavy (non-hydrogen) atoms. The van der Waals surface area contributed by atoms with E-state index in [0.717, 1.165) is 22.8 Å². The Morgan fingerprint density at radius 3 is 2.58 bits per heavy atom. The first-order valence-electron chi connectivity index (χ1n) is 8.13. The van der Waals surface area contributed by atoms with Crippen molar-refractivity contribution in [3.8, 4) is 11.5 Å². The zero-order chi connectivity index (χ0) is 17.1. The van der Waals surface area contributed by atoms with Crippen molar-refractivity contribution in [3.05, 3.63) is 71.8 Å². The summed E-state index contributed by atoms with van der Waals surface area (Å²) in [6.07, 6.45) is 0.981. The molecule has 0 fully saturated rings. The van der Waals surface area contributed by atoms with E-state index in [2.05, 4.69) is 13.8 Å². The van der Waals surface area contributed by atoms with Crippen LogP contribution in [0.2, 0.25) is 0 Å². The lowest BCUT2D eigenvalue weighted by Gasteiger charge is -2.12. The second kappa shape index (κ2) is 6.75. The maximum Gasteiger partial charge on any atom is 0.344 e. The maximum absolute atomic E-state index is 12.5. The number of hydrogen-bond acceptors (Lipinski definition) is 3. The summed E-state index contributed by atoms with van der Waals surface area (Å²) >= 11 is 0. The van der Waals surface area contributed by atoms with Gasteiger partial charge in [0, 0.05) is 0 Å². The number of hydrogen-bond donors (Lipinski definition) is 1. The molecule has 0 aliphatic rings. The molecule has 0 bridgehead atoms. The van der Waals surface area contributed by atoms with E-state index in [0.29, 0.717) is 11.5 Å². The van der Waals surface area contributed by atoms with Crippen LogP contribution in [0.3, 0.4) is 0 Å². The monoisotopic (exact) mass is 320 g/mol. The highest BCUT2D eigenvalue weighted by atomic mass is 16.5. The fraction of sp³-hybridized carbons (Fsp3) is 0.190. The van der Waals surface area contributed by atoms with Crippen molar-refractivity contribution >= 4 is 16.7 Å². The largest absolute Gasteiger partial charge is 0.504 e. The number of esters is 1. The van der Waals surface area contributed by atoms with Crippen molar-refractivity contribution < 1.29 is 14.6 Å². The number of aromatic hydroxyl groups is 1. The number of rotatable bonds is 4. The van der Waals surface area contributed by atoms with Crippen molar-refractivity contribution in [2.45, 2.75) is 26.2 Å². The van der Waals surface area contributed by atoms with Crippen LogP contribution in [0.5, 0.6) is 11.5 Å². The molecular formula is C21H20O3. The number of fused-ring (bicyclic) bond motifs is 1. The third-order valence-corrected chi connectivity index (χ3v) is 4.38. The average Bonchev–Trinajstić information content (AvgIpc) is 2.62. The van der Waals surface area contributed by atoms with Gasteiger partial charge in [0.1, 0.15) is 0 Å². The molecule has 0 heterocycles. The van der Waals surface area contributed by atoms with Crippen LogP contribution in [0.25, 0.3) is 10.8 Å². The van der Waals surface area contributed by atoms with Gasteiger partial charge in [-0.15, -0.1) is 0 Å². The summed E-state index contributed by atoms with van der Waals surface area (Å²) < 4.78 is 5.42. The maximum atomic E-state index is 12.5. The minimum absolute atomic E-state index is 0.0126. The first-order chi connectivity index (χ1) is 11.6. The minimum atomic E-state index is -0.474. The Bertz CT molecular complexity index is 878. The van der Waals surface area contributed by atoms with Crippen molar-refractivity contribution in [2.75, 3.05) is 0 Å². The van der Waals surface area contributed by atoms with Crippen molar-refractivity contribution in [1.29, 1.82) is 0 Å². The summed E-state index contributed by atoms with van der Waals surface area (Å²) in [6.45, 7) is 4.19. The first kappa shape index (κ1) is 16.1. The average molecular weight is 320 g/mol. The Labute approximate surface area is 141 Å². The molecule has 1 atom stereocenters. The third kappa shape index (κ3) is 3.11. The van der Waals surface area contributed by atoms with Crippen molar-refractivity contribution in [2.24, 2.45) is 0 Å². The molecule has 0 aromatic heterocycles. The molecule has 0 aliphatic carbocycles. The van der Waals surface area contributed by atoms with Gasteiger partial charge in [-0.3, -0.25) is 0 Å². The molecule has 0 saturated carbocycles. The molecule has 3 aromatic carbocycles. The Morgan fingerprint density at radius 1 is 1.08 bits per heavy atom. The van der Waals surface area contributed by atoms with E-state index in [9.17, 15) is 9.90 Å². The molecule has 3 heteroatoms. The van der Waals surface area contributed by atoms with Gasteiger partial charge < -0.3 is 9.84 Å². The van der Waals surface area contributed by atoms with Gasteiger partial charge in [0.15, 0.2) is 11.5 Å². The van der Waals surface area contributed by atoms with E-state index < -0.39 is 5.97 Å². The van der Waals surface area contributed by atoms with Gasteiger partial charge in [-0.2, -0.15) is 0 Å². The Hall–Kier alpha value is -2.81. The summed E-state index contributed by atoms with van der Waals surface area (Å²) in [5.74, 6) is 0.0403. The molecule has 0 spiro atoms. The van der Waals surface area contributed by atoms with Crippen LogP contribution in [0.1, 0.15) is 42.1 Å². The van der Waals surface area contributed by atoms with Crippen molar-refractivity contribution in [3.63, 3.8) is 0 Å². The second-order valence-electron chi connectivity index (χ2n) is 5.95. The zero-order valence-electron chi connectivity index (χ0n) is 13.8. The SMILES string of the molecule is CCC(C)c1ccc(OC(=O)c2cccc3ccccc23)c(O)c1. The van der Waals surface area contributed by atoms with E-state index in [-0.39, 0.29) is 11.5 Å². The van der Waals surface area contributed by atoms with Gasteiger partial charge >= 0.3 is 5.97 Å². The highest BCUT2D eigenvalue weighted by molar-refractivity contribution is 6.05. The highest BCUT2D eigenvalue weighted by Crippen LogP contribution is 2.32. The number of ether oxygens (including phenoxy) is 1. The lowest BCUT2D eigenvalue weighted by atomic mass is 9.98. The summed E-state index contributed by atoms with van der Waals surface area (Å²) in [5.41, 5.74) is 1.51. The van der Waals surface area contributed by atoms with Crippen LogP contribution in [-0.4, -0.2) is 11.1 Å². The normalized spacial score (nSPS) is 12.1. The number of carbonyl (C=O) groups excluding carboxylic acids is 1. The van der Waals surface area contributed by atoms with Crippen molar-refractivity contribution in [1.82, 2.24) is 0 Å². The molecule has 0 amide bonds. The Kier molecular flexibility index (Phi) is 4.52. The fourth-order valence-corrected chi connectivity index (χ4v) is 2.72. The van der Waals surface area contributed by atoms with Gasteiger partial charge in [-0.25, -0.2) is 4.79 Å². The summed E-state index contributed by atoms with van der Waals surface area (Å²) in [7, 11) is 0. The van der Waals surface area contributed by atoms with E-state index in [1.54, 1.807) is 18.2 Å². The predicted octanol–water partition coefficient (Wildman–Crippen LogP) is 5.28. The summed E-state index contributed by atoms with van der Waals surface area (Å²) in [5, 5.41) is 12.0. The minimum Gasteiger partial charge on any atom is -0.504 e. The van der Waals surface area contributed by atoms with Crippen LogP contribution < -0.4 is 4.74 Å². The smallest absolute Gasteiger partial charge is 0.344 e. The quantitative estimate of drug-likeness (QED) is 0.525. The number of phenolic OH excluding ortho intramolecular Hbond substituents is 1. The third-order valence-electron chi connectivity index (χ3n) is 4.38. The van der Waals surface area contributed by atoms with Gasteiger partial charge in [0.2, 0.25) is 0 Å². The number of benzene rings is 3. The zero-order valence-corrected chi connectivity index (χ0v) is 13.8. The number of carbonyl (C=O) groups is 1. The lowest BCUT2D eigenvalue weighted by molar-refractivity contribution is 0.0731. The van der Waals surface area contributed by atoms with E-state index in [4.69, 9.17) is 4.74 Å². The van der Waals surface area contributed by atoms with E-state index in [1.807, 2.05) is 42.5 Å². The molecule has 122 valence electrons. The molecule has 1 unspecified atom stereocenters. The second-order valence-corrected chi connectivity index (χ2v) is 5.95. The summed E-state index contributed by atoms with van der Waals surface area (Å²) in [6, 6.07) is 18.4. The number of phenols is 1. The van der Waals surface area contributed by atoms with Gasteiger partial charge in [-0.05, 0) is 46.9 Å². The fourth-order valence-electron chi connectivity index (χ4n) is 2.72. The van der Waals surface area contributed by atoms with Crippen LogP contribution in [-0.2, 0) is 0 Å². The molecule has 0 saturated heterocycles. The molecule has 1 N–H and O–H groups in total. The van der Waals surface area contributed by atoms with Gasteiger partial charge in [0.25, 0.3) is 0 Å². The van der Waals surface area contributed by atoms with Gasteiger partial charge in [-0.1, -0.05) is 56.3 Å². The highest BCUT2D eigenvalue weighted by Gasteiger charge is 2.15. The first-order valence-corrected chi connectivity index (χ1v) is 8.13. The van der Waals surface area contributed by atoms with E-state index >= 15 is 0 Å².